The standard InChI is InChI=1S/C23H19F3N4O5/c1-34-14-4-2-12-9-30(19(31)15(12)8-14)10-22(20(32)28-21(33)29-22)17-7-13-6-11(3-5-16(13)35-17)18(27)23(24,25)26/h2-8,18H,9-10,27H2,1H3,(H2,28,29,32,33)/t18?,22-/m0/s1. The van der Waals surface area contributed by atoms with Gasteiger partial charge in [0.15, 0.2) is 5.54 Å². The van der Waals surface area contributed by atoms with E-state index in [9.17, 15) is 27.6 Å². The van der Waals surface area contributed by atoms with Gasteiger partial charge in [-0.15, -0.1) is 0 Å². The molecule has 5 rings (SSSR count). The van der Waals surface area contributed by atoms with Crippen molar-refractivity contribution in [3.8, 4) is 5.75 Å². The highest BCUT2D eigenvalue weighted by molar-refractivity contribution is 6.08. The van der Waals surface area contributed by atoms with Gasteiger partial charge in [0.05, 0.1) is 13.7 Å². The summed E-state index contributed by atoms with van der Waals surface area (Å²) in [5, 5.41) is 4.94. The van der Waals surface area contributed by atoms with E-state index in [-0.39, 0.29) is 41.3 Å². The van der Waals surface area contributed by atoms with Gasteiger partial charge in [-0.1, -0.05) is 12.1 Å². The average Bonchev–Trinajstić information content (AvgIpc) is 3.46. The topological polar surface area (TPSA) is 127 Å². The first-order valence-corrected chi connectivity index (χ1v) is 10.5. The molecule has 0 radical (unpaired) electrons. The minimum absolute atomic E-state index is 0.0325. The number of halogens is 3. The van der Waals surface area contributed by atoms with Crippen LogP contribution in [-0.4, -0.2) is 42.6 Å². The molecule has 3 aromatic rings. The molecule has 2 atom stereocenters. The zero-order valence-corrected chi connectivity index (χ0v) is 18.2. The Bertz CT molecular complexity index is 1390. The summed E-state index contributed by atoms with van der Waals surface area (Å²) in [7, 11) is 1.47. The molecule has 9 nitrogen and oxygen atoms in total. The van der Waals surface area contributed by atoms with Gasteiger partial charge in [0.1, 0.15) is 23.1 Å². The number of hydrogen-bond acceptors (Lipinski definition) is 6. The zero-order valence-electron chi connectivity index (χ0n) is 18.2. The number of methoxy groups -OCH3 is 1. The number of urea groups is 1. The number of fused-ring (bicyclic) bond motifs is 2. The lowest BCUT2D eigenvalue weighted by atomic mass is 9.95. The second kappa shape index (κ2) is 7.73. The monoisotopic (exact) mass is 488 g/mol. The van der Waals surface area contributed by atoms with Crippen molar-refractivity contribution in [1.82, 2.24) is 15.5 Å². The predicted molar refractivity (Wildman–Crippen MR) is 115 cm³/mol. The number of nitrogens with one attached hydrogen (secondary N) is 2. The number of rotatable bonds is 5. The Morgan fingerprint density at radius 3 is 2.60 bits per heavy atom. The van der Waals surface area contributed by atoms with Crippen LogP contribution in [-0.2, 0) is 16.9 Å². The summed E-state index contributed by atoms with van der Waals surface area (Å²) in [6.45, 7) is -0.0942. The maximum Gasteiger partial charge on any atom is 0.407 e. The number of benzene rings is 2. The van der Waals surface area contributed by atoms with Crippen molar-refractivity contribution in [2.75, 3.05) is 13.7 Å². The minimum Gasteiger partial charge on any atom is -0.497 e. The molecule has 1 fully saturated rings. The molecule has 1 saturated heterocycles. The van der Waals surface area contributed by atoms with Crippen LogP contribution in [0.25, 0.3) is 11.0 Å². The number of nitrogens with two attached hydrogens (primary N) is 1. The molecule has 12 heteroatoms. The lowest BCUT2D eigenvalue weighted by Crippen LogP contribution is -2.52. The van der Waals surface area contributed by atoms with Crippen molar-refractivity contribution < 1.29 is 36.7 Å². The van der Waals surface area contributed by atoms with Crippen LogP contribution in [0, 0.1) is 0 Å². The van der Waals surface area contributed by atoms with Crippen LogP contribution in [0.3, 0.4) is 0 Å². The molecule has 2 aliphatic heterocycles. The van der Waals surface area contributed by atoms with Gasteiger partial charge in [-0.25, -0.2) is 4.79 Å². The summed E-state index contributed by atoms with van der Waals surface area (Å²) in [5.41, 5.74) is 4.64. The van der Waals surface area contributed by atoms with E-state index in [1.54, 1.807) is 18.2 Å². The van der Waals surface area contributed by atoms with Crippen molar-refractivity contribution in [3.05, 3.63) is 64.9 Å². The lowest BCUT2D eigenvalue weighted by molar-refractivity contribution is -0.149. The number of alkyl halides is 3. The van der Waals surface area contributed by atoms with Gasteiger partial charge < -0.3 is 25.1 Å². The Hall–Kier alpha value is -4.06. The Morgan fingerprint density at radius 2 is 1.94 bits per heavy atom. The molecule has 2 aliphatic rings. The average molecular weight is 488 g/mol. The Balaban J connectivity index is 1.52. The molecule has 0 bridgehead atoms. The number of carbonyl (C=O) groups excluding carboxylic acids is 3. The quantitative estimate of drug-likeness (QED) is 0.474. The van der Waals surface area contributed by atoms with Crippen molar-refractivity contribution >= 4 is 28.8 Å². The van der Waals surface area contributed by atoms with Crippen LogP contribution in [0.4, 0.5) is 18.0 Å². The van der Waals surface area contributed by atoms with Gasteiger partial charge in [0.2, 0.25) is 0 Å². The molecule has 1 unspecified atom stereocenters. The van der Waals surface area contributed by atoms with E-state index in [0.717, 1.165) is 0 Å². The number of ether oxygens (including phenoxy) is 1. The van der Waals surface area contributed by atoms with Crippen molar-refractivity contribution in [3.63, 3.8) is 0 Å². The fourth-order valence-electron chi connectivity index (χ4n) is 4.39. The van der Waals surface area contributed by atoms with Crippen molar-refractivity contribution in [2.24, 2.45) is 5.73 Å². The van der Waals surface area contributed by atoms with Crippen molar-refractivity contribution in [2.45, 2.75) is 24.3 Å². The fourth-order valence-corrected chi connectivity index (χ4v) is 4.39. The van der Waals surface area contributed by atoms with E-state index in [0.29, 0.717) is 16.9 Å². The van der Waals surface area contributed by atoms with Crippen molar-refractivity contribution in [1.29, 1.82) is 0 Å². The SMILES string of the molecule is COc1ccc2c(c1)C(=O)N(C[C@@]1(c3cc4cc(C(N)C(F)(F)F)ccc4o3)NC(=O)NC1=O)C2. The molecule has 35 heavy (non-hydrogen) atoms. The summed E-state index contributed by atoms with van der Waals surface area (Å²) in [5.74, 6) is -0.669. The molecule has 1 aromatic heterocycles. The van der Waals surface area contributed by atoms with Crippen LogP contribution in [0.2, 0.25) is 0 Å². The van der Waals surface area contributed by atoms with E-state index < -0.39 is 29.7 Å². The summed E-state index contributed by atoms with van der Waals surface area (Å²) >= 11 is 0. The van der Waals surface area contributed by atoms with E-state index in [4.69, 9.17) is 14.9 Å². The second-order valence-corrected chi connectivity index (χ2v) is 8.43. The van der Waals surface area contributed by atoms with Gasteiger partial charge >= 0.3 is 12.2 Å². The number of amides is 4. The largest absolute Gasteiger partial charge is 0.497 e. The predicted octanol–water partition coefficient (Wildman–Crippen LogP) is 2.69. The van der Waals surface area contributed by atoms with Crippen LogP contribution >= 0.6 is 0 Å². The van der Waals surface area contributed by atoms with Gasteiger partial charge in [-0.3, -0.25) is 14.9 Å². The number of nitrogens with zero attached hydrogens (tertiary/aromatic N) is 1. The number of hydrogen-bond donors (Lipinski definition) is 3. The molecule has 0 spiro atoms. The molecule has 0 aliphatic carbocycles. The maximum absolute atomic E-state index is 13.1. The molecule has 182 valence electrons. The highest BCUT2D eigenvalue weighted by Crippen LogP contribution is 2.37. The van der Waals surface area contributed by atoms with E-state index in [1.807, 2.05) is 0 Å². The third-order valence-electron chi connectivity index (χ3n) is 6.24. The fraction of sp³-hybridized carbons (Fsp3) is 0.261. The lowest BCUT2D eigenvalue weighted by Gasteiger charge is -2.29. The summed E-state index contributed by atoms with van der Waals surface area (Å²) in [6, 6.07) is 7.11. The van der Waals surface area contributed by atoms with Crippen LogP contribution in [0.1, 0.15) is 33.3 Å². The molecule has 0 saturated carbocycles. The number of carbonyl (C=O) groups is 3. The molecule has 2 aromatic carbocycles. The van der Waals surface area contributed by atoms with Crippen LogP contribution < -0.4 is 21.1 Å². The zero-order chi connectivity index (χ0) is 25.1. The third kappa shape index (κ3) is 3.66. The normalized spacial score (nSPS) is 20.7. The summed E-state index contributed by atoms with van der Waals surface area (Å²) in [4.78, 5) is 39.6. The first-order valence-electron chi connectivity index (χ1n) is 10.5. The van der Waals surface area contributed by atoms with Crippen LogP contribution in [0.5, 0.6) is 5.75 Å². The summed E-state index contributed by atoms with van der Waals surface area (Å²) < 4.78 is 50.2. The first-order chi connectivity index (χ1) is 16.5. The maximum atomic E-state index is 13.1. The summed E-state index contributed by atoms with van der Waals surface area (Å²) in [6.07, 6.45) is -4.64. The van der Waals surface area contributed by atoms with Gasteiger partial charge in [0, 0.05) is 17.5 Å². The van der Waals surface area contributed by atoms with Gasteiger partial charge in [0.25, 0.3) is 11.8 Å². The van der Waals surface area contributed by atoms with Crippen LogP contribution in [0.15, 0.2) is 46.9 Å². The first kappa shape index (κ1) is 22.7. The molecule has 4 amide bonds. The molecular weight excluding hydrogens is 469 g/mol. The second-order valence-electron chi connectivity index (χ2n) is 8.43. The highest BCUT2D eigenvalue weighted by atomic mass is 19.4. The molecule has 4 N–H and O–H groups in total. The van der Waals surface area contributed by atoms with Gasteiger partial charge in [-0.05, 0) is 41.5 Å². The van der Waals surface area contributed by atoms with Gasteiger partial charge in [-0.2, -0.15) is 13.2 Å². The number of imide groups is 1. The highest BCUT2D eigenvalue weighted by Gasteiger charge is 2.53. The molecular formula is C23H19F3N4O5. The minimum atomic E-state index is -4.64. The van der Waals surface area contributed by atoms with E-state index in [1.165, 1.54) is 36.3 Å². The Kier molecular flexibility index (Phi) is 5.02. The smallest absolute Gasteiger partial charge is 0.407 e. The third-order valence-corrected chi connectivity index (χ3v) is 6.24. The Morgan fingerprint density at radius 1 is 1.17 bits per heavy atom. The van der Waals surface area contributed by atoms with E-state index >= 15 is 0 Å². The van der Waals surface area contributed by atoms with E-state index in [2.05, 4.69) is 10.6 Å². The molecule has 3 heterocycles. The Labute approximate surface area is 196 Å². The number of furan rings is 1.